The molecule has 1 aliphatic rings. The Morgan fingerprint density at radius 3 is 2.57 bits per heavy atom. The minimum absolute atomic E-state index is 0.0561. The fourth-order valence-electron chi connectivity index (χ4n) is 2.14. The average Bonchev–Trinajstić information content (AvgIpc) is 2.54. The summed E-state index contributed by atoms with van der Waals surface area (Å²) in [6, 6.07) is 9.70. The van der Waals surface area contributed by atoms with Gasteiger partial charge in [0.15, 0.2) is 6.29 Å². The first-order valence-corrected chi connectivity index (χ1v) is 7.46. The van der Waals surface area contributed by atoms with Crippen LogP contribution in [0.25, 0.3) is 0 Å². The van der Waals surface area contributed by atoms with Crippen LogP contribution in [-0.4, -0.2) is 48.5 Å². The van der Waals surface area contributed by atoms with Gasteiger partial charge < -0.3 is 24.4 Å². The highest BCUT2D eigenvalue weighted by molar-refractivity contribution is 5.13. The number of ether oxygens (including phenoxy) is 3. The van der Waals surface area contributed by atoms with Gasteiger partial charge in [-0.15, -0.1) is 0 Å². The molecule has 0 bridgehead atoms. The van der Waals surface area contributed by atoms with Crippen molar-refractivity contribution < 1.29 is 24.4 Å². The highest BCUT2D eigenvalue weighted by atomic mass is 16.7. The molecule has 21 heavy (non-hydrogen) atoms. The van der Waals surface area contributed by atoms with Crippen LogP contribution in [0.3, 0.4) is 0 Å². The molecule has 0 aromatic heterocycles. The summed E-state index contributed by atoms with van der Waals surface area (Å²) < 4.78 is 16.2. The molecule has 1 unspecified atom stereocenters. The predicted octanol–water partition coefficient (Wildman–Crippen LogP) is 1.47. The summed E-state index contributed by atoms with van der Waals surface area (Å²) in [7, 11) is 0. The van der Waals surface area contributed by atoms with Crippen LogP contribution in [0.4, 0.5) is 0 Å². The zero-order valence-corrected chi connectivity index (χ0v) is 12.2. The number of aliphatic hydroxyl groups is 2. The van der Waals surface area contributed by atoms with Crippen molar-refractivity contribution >= 4 is 0 Å². The second kappa shape index (κ2) is 9.12. The maximum Gasteiger partial charge on any atom is 0.157 e. The lowest BCUT2D eigenvalue weighted by Gasteiger charge is -2.25. The molecule has 1 aromatic rings. The van der Waals surface area contributed by atoms with E-state index in [-0.39, 0.29) is 19.5 Å². The smallest absolute Gasteiger partial charge is 0.157 e. The number of hydrogen-bond donors (Lipinski definition) is 2. The summed E-state index contributed by atoms with van der Waals surface area (Å²) in [5.41, 5.74) is 1.03. The molecule has 2 rings (SSSR count). The van der Waals surface area contributed by atoms with E-state index in [4.69, 9.17) is 14.2 Å². The normalized spacial score (nSPS) is 21.9. The van der Waals surface area contributed by atoms with Crippen LogP contribution in [0.1, 0.15) is 24.8 Å². The van der Waals surface area contributed by atoms with Gasteiger partial charge in [0.25, 0.3) is 0 Å². The Kier molecular flexibility index (Phi) is 7.12. The minimum atomic E-state index is -0.966. The molecule has 5 heteroatoms. The maximum atomic E-state index is 9.83. The van der Waals surface area contributed by atoms with Crippen LogP contribution in [0, 0.1) is 0 Å². The second-order valence-electron chi connectivity index (χ2n) is 5.26. The van der Waals surface area contributed by atoms with Crippen molar-refractivity contribution in [1.82, 2.24) is 0 Å². The van der Waals surface area contributed by atoms with Gasteiger partial charge in [-0.3, -0.25) is 0 Å². The van der Waals surface area contributed by atoms with E-state index in [1.165, 1.54) is 0 Å². The van der Waals surface area contributed by atoms with Crippen molar-refractivity contribution in [3.63, 3.8) is 0 Å². The first-order chi connectivity index (χ1) is 10.3. The first kappa shape index (κ1) is 16.4. The quantitative estimate of drug-likeness (QED) is 0.760. The van der Waals surface area contributed by atoms with Crippen LogP contribution in [-0.2, 0) is 20.8 Å². The van der Waals surface area contributed by atoms with Crippen molar-refractivity contribution in [3.8, 4) is 0 Å². The molecule has 3 atom stereocenters. The summed E-state index contributed by atoms with van der Waals surface area (Å²) in [5, 5.41) is 19.7. The van der Waals surface area contributed by atoms with Crippen LogP contribution in [0.2, 0.25) is 0 Å². The Morgan fingerprint density at radius 1 is 1.10 bits per heavy atom. The molecule has 0 saturated carbocycles. The highest BCUT2D eigenvalue weighted by Gasteiger charge is 2.20. The lowest BCUT2D eigenvalue weighted by molar-refractivity contribution is -0.185. The maximum absolute atomic E-state index is 9.83. The fraction of sp³-hybridized carbons (Fsp3) is 0.625. The van der Waals surface area contributed by atoms with Crippen molar-refractivity contribution in [2.75, 3.05) is 19.8 Å². The molecule has 2 N–H and O–H groups in total. The van der Waals surface area contributed by atoms with Crippen LogP contribution >= 0.6 is 0 Å². The van der Waals surface area contributed by atoms with Crippen molar-refractivity contribution in [2.45, 2.75) is 44.4 Å². The van der Waals surface area contributed by atoms with Gasteiger partial charge in [0.05, 0.1) is 19.8 Å². The zero-order valence-electron chi connectivity index (χ0n) is 12.2. The van der Waals surface area contributed by atoms with E-state index in [0.29, 0.717) is 13.2 Å². The molecule has 1 fully saturated rings. The third-order valence-corrected chi connectivity index (χ3v) is 3.44. The SMILES string of the molecule is O[C@H](COC1CCCCO1)[C@@H](O)COCc1ccccc1. The number of benzene rings is 1. The van der Waals surface area contributed by atoms with Gasteiger partial charge in [-0.1, -0.05) is 30.3 Å². The van der Waals surface area contributed by atoms with Crippen LogP contribution < -0.4 is 0 Å². The topological polar surface area (TPSA) is 68.2 Å². The summed E-state index contributed by atoms with van der Waals surface area (Å²) >= 11 is 0. The number of aliphatic hydroxyl groups excluding tert-OH is 2. The van der Waals surface area contributed by atoms with Gasteiger partial charge in [-0.05, 0) is 24.8 Å². The summed E-state index contributed by atoms with van der Waals surface area (Å²) in [6.45, 7) is 1.24. The van der Waals surface area contributed by atoms with E-state index in [9.17, 15) is 10.2 Å². The molecule has 1 heterocycles. The third-order valence-electron chi connectivity index (χ3n) is 3.44. The Hall–Kier alpha value is -0.980. The predicted molar refractivity (Wildman–Crippen MR) is 77.7 cm³/mol. The summed E-state index contributed by atoms with van der Waals surface area (Å²) in [5.74, 6) is 0. The molecule has 0 amide bonds. The minimum Gasteiger partial charge on any atom is -0.388 e. The highest BCUT2D eigenvalue weighted by Crippen LogP contribution is 2.14. The van der Waals surface area contributed by atoms with Gasteiger partial charge in [0.2, 0.25) is 0 Å². The Balaban J connectivity index is 1.59. The number of hydrogen-bond acceptors (Lipinski definition) is 5. The van der Waals surface area contributed by atoms with Gasteiger partial charge in [0, 0.05) is 6.61 Å². The van der Waals surface area contributed by atoms with E-state index in [1.54, 1.807) is 0 Å². The first-order valence-electron chi connectivity index (χ1n) is 7.46. The van der Waals surface area contributed by atoms with Gasteiger partial charge in [-0.2, -0.15) is 0 Å². The molecule has 1 aromatic carbocycles. The fourth-order valence-corrected chi connectivity index (χ4v) is 2.14. The van der Waals surface area contributed by atoms with E-state index in [2.05, 4.69) is 0 Å². The van der Waals surface area contributed by atoms with Crippen molar-refractivity contribution in [2.24, 2.45) is 0 Å². The molecule has 0 radical (unpaired) electrons. The zero-order chi connectivity index (χ0) is 14.9. The third kappa shape index (κ3) is 6.11. The lowest BCUT2D eigenvalue weighted by Crippen LogP contribution is -2.36. The Morgan fingerprint density at radius 2 is 1.86 bits per heavy atom. The second-order valence-corrected chi connectivity index (χ2v) is 5.26. The molecule has 0 aliphatic carbocycles. The van der Waals surface area contributed by atoms with Gasteiger partial charge in [-0.25, -0.2) is 0 Å². The lowest BCUT2D eigenvalue weighted by atomic mass is 10.2. The van der Waals surface area contributed by atoms with E-state index in [0.717, 1.165) is 24.8 Å². The molecular formula is C16H24O5. The average molecular weight is 296 g/mol. The van der Waals surface area contributed by atoms with E-state index in [1.807, 2.05) is 30.3 Å². The van der Waals surface area contributed by atoms with Crippen LogP contribution in [0.5, 0.6) is 0 Å². The molecule has 0 spiro atoms. The largest absolute Gasteiger partial charge is 0.388 e. The van der Waals surface area contributed by atoms with Crippen molar-refractivity contribution in [1.29, 1.82) is 0 Å². The Bertz CT molecular complexity index is 378. The van der Waals surface area contributed by atoms with E-state index >= 15 is 0 Å². The van der Waals surface area contributed by atoms with Crippen molar-refractivity contribution in [3.05, 3.63) is 35.9 Å². The standard InChI is InChI=1S/C16H24O5/c17-14(11-19-10-13-6-2-1-3-7-13)15(18)12-21-16-8-4-5-9-20-16/h1-3,6-7,14-18H,4-5,8-12H2/t14-,15+,16?/m0/s1. The molecule has 1 aliphatic heterocycles. The Labute approximate surface area is 125 Å². The van der Waals surface area contributed by atoms with Crippen LogP contribution in [0.15, 0.2) is 30.3 Å². The number of rotatable bonds is 8. The monoisotopic (exact) mass is 296 g/mol. The van der Waals surface area contributed by atoms with E-state index < -0.39 is 12.2 Å². The molecule has 1 saturated heterocycles. The molecule has 5 nitrogen and oxygen atoms in total. The summed E-state index contributed by atoms with van der Waals surface area (Å²) in [4.78, 5) is 0. The summed E-state index contributed by atoms with van der Waals surface area (Å²) in [6.07, 6.45) is 0.782. The molecule has 118 valence electrons. The van der Waals surface area contributed by atoms with Gasteiger partial charge >= 0.3 is 0 Å². The van der Waals surface area contributed by atoms with Gasteiger partial charge in [0.1, 0.15) is 12.2 Å². The molecular weight excluding hydrogens is 272 g/mol.